The molecule has 2 fully saturated rings. The summed E-state index contributed by atoms with van der Waals surface area (Å²) >= 11 is 41.4. The van der Waals surface area contributed by atoms with E-state index < -0.39 is 15.5 Å². The normalized spacial score (nSPS) is 15.0. The Labute approximate surface area is 329 Å². The number of hydrogen-bond donors (Lipinski definition) is 2. The average molecular weight is 843 g/mol. The van der Waals surface area contributed by atoms with E-state index in [1.165, 1.54) is 50.8 Å². The molecule has 0 unspecified atom stereocenters. The molecular weight excluding hydrogens is 809 g/mol. The second kappa shape index (κ2) is 19.6. The summed E-state index contributed by atoms with van der Waals surface area (Å²) < 4.78 is 0. The van der Waals surface area contributed by atoms with E-state index in [1.54, 1.807) is 12.1 Å². The van der Waals surface area contributed by atoms with E-state index in [0.29, 0.717) is 44.1 Å². The predicted molar refractivity (Wildman–Crippen MR) is 210 cm³/mol. The molecule has 0 amide bonds. The first-order valence-corrected chi connectivity index (χ1v) is 18.6. The third-order valence-corrected chi connectivity index (χ3v) is 10.5. The van der Waals surface area contributed by atoms with Crippen molar-refractivity contribution in [3.8, 4) is 0 Å². The van der Waals surface area contributed by atoms with Gasteiger partial charge in [-0.1, -0.05) is 87.6 Å². The van der Waals surface area contributed by atoms with Crippen LogP contribution >= 0.6 is 81.2 Å². The van der Waals surface area contributed by atoms with Crippen molar-refractivity contribution in [3.05, 3.63) is 86.3 Å². The Morgan fingerprint density at radius 2 is 1.25 bits per heavy atom. The van der Waals surface area contributed by atoms with Crippen LogP contribution in [0.5, 0.6) is 0 Å². The number of nitrogens with one attached hydrogen (secondary N) is 1. The summed E-state index contributed by atoms with van der Waals surface area (Å²) in [5, 5.41) is 26.9. The molecule has 0 aliphatic carbocycles. The van der Waals surface area contributed by atoms with Gasteiger partial charge in [0.1, 0.15) is 17.3 Å². The summed E-state index contributed by atoms with van der Waals surface area (Å²) in [4.78, 5) is 33.7. The lowest BCUT2D eigenvalue weighted by atomic mass is 10.1. The fraction of sp³-hybridized carbons (Fsp3) is 0.406. The van der Waals surface area contributed by atoms with E-state index in [2.05, 4.69) is 31.5 Å². The standard InChI is InChI=1S/C16H17Cl3N4O2.C9H2Cl4N2O2.C7H15N2/c17-11-8-10-13(9-12(11)18)21-16(19)15(23(24)25)14(10)20-4-7-22-5-2-1-3-6-22;10-4-1-3-6(2-5(4)11)14-9(13)8(7(3)12)15(16)17;8-4-7-9-5-2-1-3-6-9/h8-9H,1-7H2,(H,20,21);1-2H;2H,1,3-8H2/q;;+1. The van der Waals surface area contributed by atoms with Gasteiger partial charge >= 0.3 is 11.4 Å². The van der Waals surface area contributed by atoms with E-state index in [-0.39, 0.29) is 31.1 Å². The Bertz CT molecular complexity index is 1870. The number of anilines is 1. The van der Waals surface area contributed by atoms with Gasteiger partial charge < -0.3 is 16.0 Å². The third kappa shape index (κ3) is 11.1. The lowest BCUT2D eigenvalue weighted by molar-refractivity contribution is -0.384. The van der Waals surface area contributed by atoms with E-state index in [0.717, 1.165) is 39.3 Å². The predicted octanol–water partition coefficient (Wildman–Crippen LogP) is 10.0. The number of aromatic nitrogens is 2. The van der Waals surface area contributed by atoms with Crippen LogP contribution in [0.15, 0.2) is 24.3 Å². The van der Waals surface area contributed by atoms with Crippen LogP contribution in [-0.2, 0) is 0 Å². The number of benzene rings is 2. The van der Waals surface area contributed by atoms with Gasteiger partial charge in [0.25, 0.3) is 0 Å². The number of halogens is 7. The number of hydrogen-bond acceptors (Lipinski definition) is 10. The van der Waals surface area contributed by atoms with Crippen LogP contribution < -0.4 is 11.1 Å². The number of fused-ring (bicyclic) bond motifs is 2. The van der Waals surface area contributed by atoms with Crippen LogP contribution in [0.1, 0.15) is 32.1 Å². The lowest BCUT2D eigenvalue weighted by Gasteiger charge is -2.26. The summed E-state index contributed by atoms with van der Waals surface area (Å²) in [6.45, 7) is 7.75. The van der Waals surface area contributed by atoms with Crippen molar-refractivity contribution in [2.45, 2.75) is 32.1 Å². The molecule has 19 heteroatoms. The van der Waals surface area contributed by atoms with E-state index >= 15 is 0 Å². The van der Waals surface area contributed by atoms with Gasteiger partial charge in [-0.05, 0) is 50.2 Å². The number of pyridine rings is 2. The number of likely N-dealkylation sites (tertiary alicyclic amines) is 2. The van der Waals surface area contributed by atoms with Crippen molar-refractivity contribution in [3.63, 3.8) is 0 Å². The topological polar surface area (TPSA) is 157 Å². The minimum absolute atomic E-state index is 0.108. The fourth-order valence-corrected chi connectivity index (χ4v) is 7.14. The van der Waals surface area contributed by atoms with Crippen LogP contribution in [0.2, 0.25) is 35.4 Å². The molecule has 4 aromatic rings. The molecule has 2 aliphatic heterocycles. The highest BCUT2D eigenvalue weighted by Gasteiger charge is 2.25. The molecule has 51 heavy (non-hydrogen) atoms. The van der Waals surface area contributed by atoms with Crippen LogP contribution in [0, 0.1) is 26.6 Å². The summed E-state index contributed by atoms with van der Waals surface area (Å²) in [5.41, 5.74) is 5.85. The number of nitrogens with zero attached hydrogens (tertiary/aromatic N) is 6. The molecule has 0 atom stereocenters. The molecule has 12 nitrogen and oxygen atoms in total. The Kier molecular flexibility index (Phi) is 15.9. The molecule has 2 aromatic carbocycles. The largest absolute Gasteiger partial charge is 0.378 e. The molecule has 2 aromatic heterocycles. The second-order valence-electron chi connectivity index (χ2n) is 11.6. The maximum atomic E-state index is 11.5. The minimum atomic E-state index is -0.695. The van der Waals surface area contributed by atoms with Gasteiger partial charge in [0, 0.05) is 49.9 Å². The van der Waals surface area contributed by atoms with Gasteiger partial charge in [0.05, 0.1) is 53.8 Å². The molecule has 2 saturated heterocycles. The molecule has 0 spiro atoms. The van der Waals surface area contributed by atoms with Crippen LogP contribution in [0.25, 0.3) is 21.8 Å². The van der Waals surface area contributed by atoms with Gasteiger partial charge in [-0.2, -0.15) is 0 Å². The summed E-state index contributed by atoms with van der Waals surface area (Å²) in [6, 6.07) is 6.00. The first kappa shape index (κ1) is 41.4. The van der Waals surface area contributed by atoms with Crippen molar-refractivity contribution >= 4 is 120 Å². The number of nitrogens with two attached hydrogens (primary N) is 1. The molecule has 274 valence electrons. The highest BCUT2D eigenvalue weighted by molar-refractivity contribution is 6.45. The number of piperidine rings is 2. The van der Waals surface area contributed by atoms with Crippen molar-refractivity contribution in [2.75, 3.05) is 57.7 Å². The van der Waals surface area contributed by atoms with E-state index in [4.69, 9.17) is 86.9 Å². The molecule has 0 radical (unpaired) electrons. The van der Waals surface area contributed by atoms with Crippen molar-refractivity contribution in [1.29, 1.82) is 0 Å². The van der Waals surface area contributed by atoms with Gasteiger partial charge in [-0.15, -0.1) is 0 Å². The quantitative estimate of drug-likeness (QED) is 0.0758. The van der Waals surface area contributed by atoms with Gasteiger partial charge in [-0.3, -0.25) is 25.1 Å². The average Bonchev–Trinajstić information content (AvgIpc) is 3.08. The van der Waals surface area contributed by atoms with E-state index in [9.17, 15) is 20.2 Å². The Morgan fingerprint density at radius 3 is 1.80 bits per heavy atom. The molecule has 0 bridgehead atoms. The van der Waals surface area contributed by atoms with Gasteiger partial charge in [0.2, 0.25) is 10.3 Å². The van der Waals surface area contributed by atoms with Crippen molar-refractivity contribution < 1.29 is 9.85 Å². The fourth-order valence-electron chi connectivity index (χ4n) is 5.63. The smallest absolute Gasteiger partial charge is 0.329 e. The Hall–Kier alpha value is -2.36. The zero-order valence-electron chi connectivity index (χ0n) is 27.1. The lowest BCUT2D eigenvalue weighted by Crippen LogP contribution is -2.34. The molecule has 6 rings (SSSR count). The summed E-state index contributed by atoms with van der Waals surface area (Å²) in [7, 11) is 0. The monoisotopic (exact) mass is 839 g/mol. The van der Waals surface area contributed by atoms with Gasteiger partial charge in [-0.25, -0.2) is 9.97 Å². The second-order valence-corrected chi connectivity index (χ2v) is 14.3. The van der Waals surface area contributed by atoms with Crippen LogP contribution in [0.3, 0.4) is 0 Å². The third-order valence-electron chi connectivity index (χ3n) is 8.11. The molecule has 3 N–H and O–H groups in total. The van der Waals surface area contributed by atoms with Crippen LogP contribution in [0.4, 0.5) is 17.1 Å². The maximum Gasteiger partial charge on any atom is 0.329 e. The first-order chi connectivity index (χ1) is 24.3. The van der Waals surface area contributed by atoms with E-state index in [1.807, 2.05) is 0 Å². The molecule has 0 saturated carbocycles. The Balaban J connectivity index is 0.000000192. The SMILES string of the molecule is NCCN1C[CH+]CCC1.O=[N+]([O-])c1c(Cl)nc2cc(Cl)c(Cl)cc2c1Cl.O=[N+]([O-])c1c(Cl)nc2cc(Cl)c(Cl)cc2c1NCCN1CCCCC1. The van der Waals surface area contributed by atoms with Crippen LogP contribution in [-0.4, -0.2) is 82.0 Å². The molecule has 4 heterocycles. The number of nitro groups is 2. The minimum Gasteiger partial charge on any atom is -0.378 e. The molecule has 2 aliphatic rings. The highest BCUT2D eigenvalue weighted by Crippen LogP contribution is 2.41. The van der Waals surface area contributed by atoms with Crippen molar-refractivity contribution in [1.82, 2.24) is 19.8 Å². The maximum absolute atomic E-state index is 11.5. The zero-order chi connectivity index (χ0) is 37.2. The zero-order valence-corrected chi connectivity index (χ0v) is 32.4. The molecular formula is C32H34Cl7N8O4+. The summed E-state index contributed by atoms with van der Waals surface area (Å²) in [5.74, 6) is 0. The first-order valence-electron chi connectivity index (χ1n) is 15.9. The van der Waals surface area contributed by atoms with Crippen molar-refractivity contribution in [2.24, 2.45) is 5.73 Å². The highest BCUT2D eigenvalue weighted by atomic mass is 35.5. The van der Waals surface area contributed by atoms with Gasteiger partial charge in [0.15, 0.2) is 0 Å². The Morgan fingerprint density at radius 1 is 0.725 bits per heavy atom. The summed E-state index contributed by atoms with van der Waals surface area (Å²) in [6.07, 6.45) is 8.59. The number of rotatable bonds is 8.